The van der Waals surface area contributed by atoms with Crippen LogP contribution in [0.5, 0.6) is 0 Å². The van der Waals surface area contributed by atoms with Crippen LogP contribution in [0.15, 0.2) is 30.3 Å². The van der Waals surface area contributed by atoms with E-state index < -0.39 is 0 Å². The van der Waals surface area contributed by atoms with Gasteiger partial charge in [0.25, 0.3) is 0 Å². The standard InChI is InChI=1S/C9H11N7/c10-15-8-12-7(13-9(14-8)16-11)6-4-2-1-3-5-6/h1-5H,10-11H2,(H2,12,13,14,15,16). The lowest BCUT2D eigenvalue weighted by atomic mass is 10.2. The van der Waals surface area contributed by atoms with Gasteiger partial charge in [-0.3, -0.25) is 10.9 Å². The number of benzene rings is 1. The first-order chi connectivity index (χ1) is 7.83. The van der Waals surface area contributed by atoms with Crippen molar-refractivity contribution in [3.63, 3.8) is 0 Å². The maximum Gasteiger partial charge on any atom is 0.242 e. The molecule has 2 aromatic rings. The van der Waals surface area contributed by atoms with Gasteiger partial charge in [-0.15, -0.1) is 0 Å². The minimum absolute atomic E-state index is 0.252. The Kier molecular flexibility index (Phi) is 2.90. The average Bonchev–Trinajstić information content (AvgIpc) is 2.39. The molecule has 6 N–H and O–H groups in total. The summed E-state index contributed by atoms with van der Waals surface area (Å²) in [5, 5.41) is 0. The molecule has 1 aromatic carbocycles. The lowest BCUT2D eigenvalue weighted by Gasteiger charge is -2.05. The van der Waals surface area contributed by atoms with E-state index in [1.54, 1.807) is 0 Å². The van der Waals surface area contributed by atoms with Gasteiger partial charge >= 0.3 is 0 Å². The molecule has 0 unspecified atom stereocenters. The summed E-state index contributed by atoms with van der Waals surface area (Å²) in [6.45, 7) is 0. The highest BCUT2D eigenvalue weighted by Crippen LogP contribution is 2.16. The Bertz CT molecular complexity index is 448. The second kappa shape index (κ2) is 4.51. The van der Waals surface area contributed by atoms with Gasteiger partial charge in [-0.2, -0.15) is 15.0 Å². The van der Waals surface area contributed by atoms with Crippen molar-refractivity contribution in [2.45, 2.75) is 0 Å². The Morgan fingerprint density at radius 2 is 1.38 bits per heavy atom. The number of nitrogen functional groups attached to an aromatic ring is 2. The van der Waals surface area contributed by atoms with Crippen LogP contribution in [0, 0.1) is 0 Å². The summed E-state index contributed by atoms with van der Waals surface area (Å²) in [7, 11) is 0. The Balaban J connectivity index is 2.48. The summed E-state index contributed by atoms with van der Waals surface area (Å²) in [6, 6.07) is 9.47. The van der Waals surface area contributed by atoms with Gasteiger partial charge < -0.3 is 0 Å². The van der Waals surface area contributed by atoms with Gasteiger partial charge in [0.05, 0.1) is 0 Å². The number of rotatable bonds is 3. The molecule has 7 nitrogen and oxygen atoms in total. The fraction of sp³-hybridized carbons (Fsp3) is 0. The van der Waals surface area contributed by atoms with Crippen molar-refractivity contribution >= 4 is 11.9 Å². The van der Waals surface area contributed by atoms with E-state index in [0.29, 0.717) is 5.82 Å². The second-order valence-corrected chi connectivity index (χ2v) is 2.96. The molecule has 0 saturated heterocycles. The molecule has 0 aliphatic rings. The Morgan fingerprint density at radius 1 is 0.812 bits per heavy atom. The van der Waals surface area contributed by atoms with Crippen molar-refractivity contribution < 1.29 is 0 Å². The van der Waals surface area contributed by atoms with Crippen LogP contribution in [0.25, 0.3) is 11.4 Å². The van der Waals surface area contributed by atoms with Crippen molar-refractivity contribution in [2.75, 3.05) is 10.9 Å². The Morgan fingerprint density at radius 3 is 1.88 bits per heavy atom. The average molecular weight is 217 g/mol. The third kappa shape index (κ3) is 2.05. The predicted molar refractivity (Wildman–Crippen MR) is 60.9 cm³/mol. The molecule has 0 aliphatic carbocycles. The summed E-state index contributed by atoms with van der Waals surface area (Å²) < 4.78 is 0. The zero-order valence-corrected chi connectivity index (χ0v) is 8.38. The lowest BCUT2D eigenvalue weighted by molar-refractivity contribution is 1.02. The van der Waals surface area contributed by atoms with E-state index >= 15 is 0 Å². The summed E-state index contributed by atoms with van der Waals surface area (Å²) in [4.78, 5) is 12.1. The molecule has 1 heterocycles. The van der Waals surface area contributed by atoms with Crippen molar-refractivity contribution in [1.82, 2.24) is 15.0 Å². The second-order valence-electron chi connectivity index (χ2n) is 2.96. The fourth-order valence-corrected chi connectivity index (χ4v) is 1.22. The molecule has 0 bridgehead atoms. The molecule has 7 heteroatoms. The maximum absolute atomic E-state index is 5.25. The number of hydrogen-bond donors (Lipinski definition) is 4. The van der Waals surface area contributed by atoms with Crippen molar-refractivity contribution in [3.8, 4) is 11.4 Å². The largest absolute Gasteiger partial charge is 0.292 e. The first kappa shape index (κ1) is 10.3. The third-order valence-electron chi connectivity index (χ3n) is 1.93. The molecule has 0 aliphatic heterocycles. The molecule has 0 radical (unpaired) electrons. The third-order valence-corrected chi connectivity index (χ3v) is 1.93. The zero-order valence-electron chi connectivity index (χ0n) is 8.38. The quantitative estimate of drug-likeness (QED) is 0.426. The van der Waals surface area contributed by atoms with Crippen molar-refractivity contribution in [2.24, 2.45) is 11.7 Å². The molecule has 0 atom stereocenters. The number of aromatic nitrogens is 3. The van der Waals surface area contributed by atoms with Crippen LogP contribution in [0.4, 0.5) is 11.9 Å². The van der Waals surface area contributed by atoms with E-state index in [-0.39, 0.29) is 11.9 Å². The number of anilines is 2. The van der Waals surface area contributed by atoms with Gasteiger partial charge in [0.2, 0.25) is 11.9 Å². The molecule has 2 rings (SSSR count). The highest BCUT2D eigenvalue weighted by molar-refractivity contribution is 5.57. The van der Waals surface area contributed by atoms with Crippen LogP contribution in [-0.2, 0) is 0 Å². The minimum atomic E-state index is 0.252. The predicted octanol–water partition coefficient (Wildman–Crippen LogP) is 0.110. The SMILES string of the molecule is NNc1nc(NN)nc(-c2ccccc2)n1. The van der Waals surface area contributed by atoms with Crippen LogP contribution in [-0.4, -0.2) is 15.0 Å². The lowest BCUT2D eigenvalue weighted by Crippen LogP contribution is -2.16. The molecule has 0 fully saturated rings. The molecule has 0 spiro atoms. The number of nitrogens with two attached hydrogens (primary N) is 2. The number of nitrogens with zero attached hydrogens (tertiary/aromatic N) is 3. The smallest absolute Gasteiger partial charge is 0.242 e. The van der Waals surface area contributed by atoms with E-state index in [1.807, 2.05) is 30.3 Å². The van der Waals surface area contributed by atoms with Crippen LogP contribution < -0.4 is 22.5 Å². The highest BCUT2D eigenvalue weighted by atomic mass is 15.4. The van der Waals surface area contributed by atoms with Crippen LogP contribution in [0.3, 0.4) is 0 Å². The number of hydrazine groups is 2. The summed E-state index contributed by atoms with van der Waals surface area (Å²) in [5.41, 5.74) is 5.57. The van der Waals surface area contributed by atoms with Crippen LogP contribution in [0.2, 0.25) is 0 Å². The van der Waals surface area contributed by atoms with Gasteiger partial charge in [0.1, 0.15) is 0 Å². The van der Waals surface area contributed by atoms with E-state index in [4.69, 9.17) is 11.7 Å². The molecule has 1 aromatic heterocycles. The molecule has 0 amide bonds. The Hall–Kier alpha value is -2.25. The van der Waals surface area contributed by atoms with Crippen molar-refractivity contribution in [1.29, 1.82) is 0 Å². The number of nitrogens with one attached hydrogen (secondary N) is 2. The number of hydrogen-bond acceptors (Lipinski definition) is 7. The minimum Gasteiger partial charge on any atom is -0.292 e. The van der Waals surface area contributed by atoms with E-state index in [2.05, 4.69) is 25.8 Å². The first-order valence-corrected chi connectivity index (χ1v) is 4.58. The van der Waals surface area contributed by atoms with E-state index in [9.17, 15) is 0 Å². The monoisotopic (exact) mass is 217 g/mol. The molecule has 82 valence electrons. The molecule has 0 saturated carbocycles. The van der Waals surface area contributed by atoms with Crippen LogP contribution >= 0.6 is 0 Å². The van der Waals surface area contributed by atoms with Gasteiger partial charge in [-0.25, -0.2) is 11.7 Å². The summed E-state index contributed by atoms with van der Waals surface area (Å²) >= 11 is 0. The molecule has 16 heavy (non-hydrogen) atoms. The zero-order chi connectivity index (χ0) is 11.4. The maximum atomic E-state index is 5.25. The molecular weight excluding hydrogens is 206 g/mol. The summed E-state index contributed by atoms with van der Waals surface area (Å²) in [5.74, 6) is 11.5. The molecular formula is C9H11N7. The highest BCUT2D eigenvalue weighted by Gasteiger charge is 2.06. The normalized spacial score (nSPS) is 9.88. The fourth-order valence-electron chi connectivity index (χ4n) is 1.22. The first-order valence-electron chi connectivity index (χ1n) is 4.58. The van der Waals surface area contributed by atoms with Crippen molar-refractivity contribution in [3.05, 3.63) is 30.3 Å². The van der Waals surface area contributed by atoms with Gasteiger partial charge in [0.15, 0.2) is 5.82 Å². The summed E-state index contributed by atoms with van der Waals surface area (Å²) in [6.07, 6.45) is 0. The van der Waals surface area contributed by atoms with Crippen LogP contribution in [0.1, 0.15) is 0 Å². The topological polar surface area (TPSA) is 115 Å². The Labute approximate surface area is 91.9 Å². The van der Waals surface area contributed by atoms with Gasteiger partial charge in [-0.1, -0.05) is 30.3 Å². The van der Waals surface area contributed by atoms with Gasteiger partial charge in [-0.05, 0) is 0 Å². The van der Waals surface area contributed by atoms with E-state index in [1.165, 1.54) is 0 Å². The van der Waals surface area contributed by atoms with Gasteiger partial charge in [0, 0.05) is 5.56 Å². The van der Waals surface area contributed by atoms with E-state index in [0.717, 1.165) is 5.56 Å².